The first-order chi connectivity index (χ1) is 21.4. The third kappa shape index (κ3) is 11.4. The van der Waals surface area contributed by atoms with Crippen molar-refractivity contribution in [2.75, 3.05) is 11.1 Å². The molecule has 4 aromatic rings. The van der Waals surface area contributed by atoms with Crippen LogP contribution in [0.15, 0.2) is 71.9 Å². The molecule has 4 rings (SSSR count). The van der Waals surface area contributed by atoms with Gasteiger partial charge in [0.05, 0.1) is 0 Å². The van der Waals surface area contributed by atoms with Crippen LogP contribution in [0.5, 0.6) is 11.5 Å². The van der Waals surface area contributed by atoms with Crippen LogP contribution in [-0.2, 0) is 15.8 Å². The van der Waals surface area contributed by atoms with Gasteiger partial charge in [-0.25, -0.2) is 18.3 Å². The molecule has 2 heterocycles. The van der Waals surface area contributed by atoms with Gasteiger partial charge < -0.3 is 30.1 Å². The van der Waals surface area contributed by atoms with E-state index in [9.17, 15) is 22.9 Å². The molecule has 0 bridgehead atoms. The lowest BCUT2D eigenvalue weighted by atomic mass is 10.0. The Morgan fingerprint density at radius 1 is 1.00 bits per heavy atom. The van der Waals surface area contributed by atoms with Gasteiger partial charge in [-0.1, -0.05) is 65.3 Å². The van der Waals surface area contributed by atoms with Gasteiger partial charge in [-0.2, -0.15) is 0 Å². The van der Waals surface area contributed by atoms with E-state index in [-0.39, 0.29) is 39.2 Å². The molecule has 0 atom stereocenters. The van der Waals surface area contributed by atoms with Crippen molar-refractivity contribution in [1.82, 2.24) is 9.55 Å². The Bertz CT molecular complexity index is 1670. The molecule has 15 heteroatoms. The minimum Gasteiger partial charge on any atom is -0.453 e. The van der Waals surface area contributed by atoms with Gasteiger partial charge in [-0.3, -0.25) is 14.1 Å². The van der Waals surface area contributed by atoms with Gasteiger partial charge in [-0.05, 0) is 29.8 Å². The number of ether oxygens (including phenoxy) is 1. The van der Waals surface area contributed by atoms with Gasteiger partial charge in [0, 0.05) is 42.0 Å². The fourth-order valence-corrected chi connectivity index (χ4v) is 3.78. The molecule has 0 aliphatic carbocycles. The summed E-state index contributed by atoms with van der Waals surface area (Å²) < 4.78 is 50.2. The topological polar surface area (TPSA) is 166 Å². The van der Waals surface area contributed by atoms with Gasteiger partial charge in [0.1, 0.15) is 29.0 Å². The molecule has 2 aromatic carbocycles. The van der Waals surface area contributed by atoms with Crippen molar-refractivity contribution in [1.29, 1.82) is 0 Å². The Labute approximate surface area is 264 Å². The first-order valence-electron chi connectivity index (χ1n) is 13.8. The van der Waals surface area contributed by atoms with E-state index in [1.54, 1.807) is 0 Å². The van der Waals surface area contributed by atoms with E-state index in [0.717, 1.165) is 29.0 Å². The lowest BCUT2D eigenvalue weighted by molar-refractivity contribution is 0.102. The molecular weight excluding hydrogens is 633 g/mol. The number of phosphoric ester groups is 1. The number of nitrogens with two attached hydrogens (primary N) is 1. The van der Waals surface area contributed by atoms with E-state index in [1.807, 2.05) is 41.5 Å². The molecule has 0 aliphatic heterocycles. The smallest absolute Gasteiger partial charge is 0.453 e. The number of aromatic nitrogens is 2. The second-order valence-electron chi connectivity index (χ2n) is 7.89. The first-order valence-corrected chi connectivity index (χ1v) is 15.7. The molecule has 0 fully saturated rings. The Hall–Kier alpha value is -4.13. The fourth-order valence-electron chi connectivity index (χ4n) is 3.34. The van der Waals surface area contributed by atoms with Crippen molar-refractivity contribution in [3.63, 3.8) is 0 Å². The maximum absolute atomic E-state index is 14.7. The van der Waals surface area contributed by atoms with Crippen LogP contribution < -0.4 is 21.2 Å². The molecule has 11 nitrogen and oxygen atoms in total. The summed E-state index contributed by atoms with van der Waals surface area (Å²) in [5.74, 6) is -2.62. The van der Waals surface area contributed by atoms with Crippen LogP contribution in [0.4, 0.5) is 20.3 Å². The number of nitrogen functional groups attached to an aromatic ring is 1. The number of amides is 1. The van der Waals surface area contributed by atoms with Crippen molar-refractivity contribution < 1.29 is 37.2 Å². The number of carbonyl (C=O) groups is 1. The highest BCUT2D eigenvalue weighted by molar-refractivity contribution is 7.46. The molecular formula is C30H36ClF2N4O7P. The van der Waals surface area contributed by atoms with Crippen molar-refractivity contribution in [2.45, 2.75) is 48.3 Å². The SMILES string of the molecule is CC.CC.CC.Nc1nccc(Oc2ccc(NC(=O)c3cn(COP(=O)(O)O)cc(-c4ccc(F)cc4)c3=O)cc2F)c1Cl. The normalized spacial score (nSPS) is 10.2. The van der Waals surface area contributed by atoms with Crippen molar-refractivity contribution >= 4 is 36.8 Å². The number of nitrogens with zero attached hydrogens (tertiary/aromatic N) is 2. The van der Waals surface area contributed by atoms with Crippen LogP contribution in [-0.4, -0.2) is 25.2 Å². The molecule has 0 spiro atoms. The average molecular weight is 669 g/mol. The summed E-state index contributed by atoms with van der Waals surface area (Å²) in [6.07, 6.45) is 3.51. The number of pyridine rings is 2. The minimum atomic E-state index is -4.89. The van der Waals surface area contributed by atoms with Crippen LogP contribution in [0.3, 0.4) is 0 Å². The van der Waals surface area contributed by atoms with Crippen molar-refractivity contribution in [3.8, 4) is 22.6 Å². The molecule has 0 radical (unpaired) electrons. The average Bonchev–Trinajstić information content (AvgIpc) is 3.03. The molecule has 5 N–H and O–H groups in total. The molecule has 0 saturated heterocycles. The van der Waals surface area contributed by atoms with Crippen molar-refractivity contribution in [3.05, 3.63) is 99.6 Å². The van der Waals surface area contributed by atoms with E-state index in [1.165, 1.54) is 42.7 Å². The number of rotatable bonds is 8. The number of nitrogens with one attached hydrogen (secondary N) is 1. The maximum atomic E-state index is 14.7. The molecule has 244 valence electrons. The Balaban J connectivity index is 0.00000159. The Kier molecular flexibility index (Phi) is 16.1. The van der Waals surface area contributed by atoms with E-state index in [4.69, 9.17) is 31.9 Å². The zero-order valence-corrected chi connectivity index (χ0v) is 27.2. The van der Waals surface area contributed by atoms with E-state index in [0.29, 0.717) is 0 Å². The molecule has 45 heavy (non-hydrogen) atoms. The lowest BCUT2D eigenvalue weighted by Crippen LogP contribution is -2.25. The minimum absolute atomic E-state index is 0.0156. The number of benzene rings is 2. The number of halogens is 3. The highest BCUT2D eigenvalue weighted by Crippen LogP contribution is 2.36. The largest absolute Gasteiger partial charge is 0.471 e. The molecule has 2 aromatic heterocycles. The summed E-state index contributed by atoms with van der Waals surface area (Å²) in [5, 5.41) is 2.36. The van der Waals surface area contributed by atoms with Crippen LogP contribution in [0.1, 0.15) is 51.9 Å². The van der Waals surface area contributed by atoms with Gasteiger partial charge in [0.2, 0.25) is 5.43 Å². The second-order valence-corrected chi connectivity index (χ2v) is 9.51. The molecule has 1 amide bonds. The van der Waals surface area contributed by atoms with Gasteiger partial charge in [0.15, 0.2) is 17.3 Å². The maximum Gasteiger partial charge on any atom is 0.471 e. The zero-order chi connectivity index (χ0) is 34.3. The van der Waals surface area contributed by atoms with Gasteiger partial charge >= 0.3 is 7.82 Å². The van der Waals surface area contributed by atoms with Crippen molar-refractivity contribution in [2.24, 2.45) is 0 Å². The summed E-state index contributed by atoms with van der Waals surface area (Å²) in [6.45, 7) is 11.3. The summed E-state index contributed by atoms with van der Waals surface area (Å²) in [5.41, 5.74) is 4.46. The van der Waals surface area contributed by atoms with Crippen LogP contribution in [0.2, 0.25) is 5.02 Å². The van der Waals surface area contributed by atoms with Crippen LogP contribution in [0, 0.1) is 11.6 Å². The summed E-state index contributed by atoms with van der Waals surface area (Å²) in [6, 6.07) is 9.59. The number of hydrogen-bond acceptors (Lipinski definition) is 7. The Morgan fingerprint density at radius 2 is 1.62 bits per heavy atom. The monoisotopic (exact) mass is 668 g/mol. The van der Waals surface area contributed by atoms with Crippen LogP contribution >= 0.6 is 19.4 Å². The van der Waals surface area contributed by atoms with Gasteiger partial charge in [-0.15, -0.1) is 0 Å². The highest BCUT2D eigenvalue weighted by atomic mass is 35.5. The Morgan fingerprint density at radius 3 is 2.20 bits per heavy atom. The zero-order valence-electron chi connectivity index (χ0n) is 25.5. The summed E-state index contributed by atoms with van der Waals surface area (Å²) in [7, 11) is -4.89. The van der Waals surface area contributed by atoms with E-state index < -0.39 is 43.1 Å². The third-order valence-electron chi connectivity index (χ3n) is 5.14. The fraction of sp³-hybridized carbons (Fsp3) is 0.233. The predicted octanol–water partition coefficient (Wildman–Crippen LogP) is 7.61. The standard InChI is InChI=1S/C24H18ClF2N4O7P.3C2H6/c25-21-20(7-8-29-23(21)28)38-19-6-5-15(9-18(19)27)30-24(33)17-11-31(12-37-39(34,35)36)10-16(22(17)32)13-1-3-14(26)4-2-13;3*1-2/h1-11H,12H2,(H2,28,29)(H,30,33)(H2,34,35,36);3*1-2H3. The van der Waals surface area contributed by atoms with E-state index >= 15 is 0 Å². The number of hydrogen-bond donors (Lipinski definition) is 4. The third-order valence-corrected chi connectivity index (χ3v) is 5.98. The predicted molar refractivity (Wildman–Crippen MR) is 171 cm³/mol. The number of anilines is 2. The number of phosphoric acid groups is 1. The summed E-state index contributed by atoms with van der Waals surface area (Å²) >= 11 is 6.01. The van der Waals surface area contributed by atoms with Gasteiger partial charge in [0.25, 0.3) is 5.91 Å². The van der Waals surface area contributed by atoms with Crippen LogP contribution in [0.25, 0.3) is 11.1 Å². The molecule has 0 unspecified atom stereocenters. The summed E-state index contributed by atoms with van der Waals surface area (Å²) in [4.78, 5) is 48.0. The quantitative estimate of drug-likeness (QED) is 0.138. The molecule has 0 aliphatic rings. The van der Waals surface area contributed by atoms with E-state index in [2.05, 4.69) is 14.8 Å². The second kappa shape index (κ2) is 18.6. The lowest BCUT2D eigenvalue weighted by Gasteiger charge is -2.14. The highest BCUT2D eigenvalue weighted by Gasteiger charge is 2.20. The first kappa shape index (κ1) is 38.9. The molecule has 0 saturated carbocycles. The number of carbonyl (C=O) groups excluding carboxylic acids is 1.